The highest BCUT2D eigenvalue weighted by atomic mass is 16.5. The number of ether oxygens (including phenoxy) is 1. The van der Waals surface area contributed by atoms with Gasteiger partial charge < -0.3 is 14.6 Å². The monoisotopic (exact) mass is 289 g/mol. The fraction of sp³-hybridized carbons (Fsp3) is 0.611. The second-order valence-electron chi connectivity index (χ2n) is 6.23. The van der Waals surface area contributed by atoms with E-state index in [0.717, 1.165) is 38.0 Å². The molecule has 0 N–H and O–H groups in total. The van der Waals surface area contributed by atoms with Gasteiger partial charge >= 0.3 is 0 Å². The number of hydrogen-bond donors (Lipinski definition) is 0. The van der Waals surface area contributed by atoms with Crippen LogP contribution in [0.1, 0.15) is 48.9 Å². The zero-order valence-electron chi connectivity index (χ0n) is 13.5. The third kappa shape index (κ3) is 3.22. The number of rotatable bonds is 5. The van der Waals surface area contributed by atoms with E-state index in [1.165, 1.54) is 22.3 Å². The number of carboxylic acid groups (broad SMARTS) is 1. The van der Waals surface area contributed by atoms with E-state index in [1.807, 2.05) is 0 Å². The summed E-state index contributed by atoms with van der Waals surface area (Å²) in [6.45, 7) is 8.80. The lowest BCUT2D eigenvalue weighted by atomic mass is 9.75. The van der Waals surface area contributed by atoms with Crippen molar-refractivity contribution >= 4 is 5.97 Å². The zero-order chi connectivity index (χ0) is 15.6. The molecule has 0 bridgehead atoms. The highest BCUT2D eigenvalue weighted by Crippen LogP contribution is 2.37. The summed E-state index contributed by atoms with van der Waals surface area (Å²) >= 11 is 0. The molecular formula is C18H25O3-. The van der Waals surface area contributed by atoms with Gasteiger partial charge in [-0.3, -0.25) is 0 Å². The van der Waals surface area contributed by atoms with Crippen LogP contribution in [0, 0.1) is 25.7 Å². The van der Waals surface area contributed by atoms with Crippen LogP contribution in [-0.4, -0.2) is 12.6 Å². The number of carbonyl (C=O) groups is 1. The number of aryl methyl sites for hydroxylation is 1. The first-order valence-electron chi connectivity index (χ1n) is 7.91. The Morgan fingerprint density at radius 1 is 1.43 bits per heavy atom. The Balaban J connectivity index is 2.32. The van der Waals surface area contributed by atoms with Crippen LogP contribution in [-0.2, 0) is 17.6 Å². The maximum absolute atomic E-state index is 11.1. The molecule has 3 nitrogen and oxygen atoms in total. The molecule has 1 aromatic carbocycles. The van der Waals surface area contributed by atoms with Gasteiger partial charge in [-0.25, -0.2) is 0 Å². The Morgan fingerprint density at radius 2 is 2.14 bits per heavy atom. The van der Waals surface area contributed by atoms with Crippen molar-refractivity contribution in [2.24, 2.45) is 11.8 Å². The van der Waals surface area contributed by atoms with E-state index in [0.29, 0.717) is 0 Å². The van der Waals surface area contributed by atoms with Crippen LogP contribution in [0.5, 0.6) is 5.75 Å². The predicted molar refractivity (Wildman–Crippen MR) is 81.4 cm³/mol. The van der Waals surface area contributed by atoms with Gasteiger partial charge in [0.1, 0.15) is 5.75 Å². The molecule has 116 valence electrons. The second-order valence-corrected chi connectivity index (χ2v) is 6.23. The molecule has 21 heavy (non-hydrogen) atoms. The van der Waals surface area contributed by atoms with Crippen molar-refractivity contribution in [3.63, 3.8) is 0 Å². The average molecular weight is 289 g/mol. The summed E-state index contributed by atoms with van der Waals surface area (Å²) in [4.78, 5) is 11.1. The van der Waals surface area contributed by atoms with Gasteiger partial charge in [-0.15, -0.1) is 0 Å². The van der Waals surface area contributed by atoms with Crippen LogP contribution < -0.4 is 9.84 Å². The number of aliphatic carboxylic acids is 1. The van der Waals surface area contributed by atoms with Gasteiger partial charge in [-0.05, 0) is 79.7 Å². The maximum atomic E-state index is 11.1. The Bertz CT molecular complexity index is 534. The summed E-state index contributed by atoms with van der Waals surface area (Å²) in [6, 6.07) is 2.13. The molecule has 2 atom stereocenters. The molecule has 0 amide bonds. The molecule has 0 saturated heterocycles. The summed E-state index contributed by atoms with van der Waals surface area (Å²) < 4.78 is 5.85. The molecule has 0 saturated carbocycles. The van der Waals surface area contributed by atoms with Crippen molar-refractivity contribution < 1.29 is 14.6 Å². The number of carbonyl (C=O) groups excluding carboxylic acids is 1. The highest BCUT2D eigenvalue weighted by Gasteiger charge is 2.27. The highest BCUT2D eigenvalue weighted by molar-refractivity contribution is 5.67. The molecule has 1 aliphatic rings. The van der Waals surface area contributed by atoms with Crippen molar-refractivity contribution in [1.29, 1.82) is 0 Å². The minimum atomic E-state index is -0.934. The van der Waals surface area contributed by atoms with Gasteiger partial charge in [0.05, 0.1) is 6.61 Å². The van der Waals surface area contributed by atoms with Crippen molar-refractivity contribution in [3.8, 4) is 5.75 Å². The standard InChI is InChI=1S/C18H26O3/c1-5-8-21-17-9-11(2)15-7-6-14(12(3)18(19)20)10-16(15)13(17)4/h9,12,14H,5-8,10H2,1-4H3,(H,19,20)/p-1/t12-,14+/m0/s1. The Labute approximate surface area is 127 Å². The molecule has 0 aliphatic heterocycles. The normalized spacial score (nSPS) is 19.0. The summed E-state index contributed by atoms with van der Waals surface area (Å²) in [7, 11) is 0. The molecule has 0 unspecified atom stereocenters. The molecule has 3 heteroatoms. The summed E-state index contributed by atoms with van der Waals surface area (Å²) in [5, 5.41) is 11.1. The minimum Gasteiger partial charge on any atom is -0.550 e. The third-order valence-corrected chi connectivity index (χ3v) is 4.78. The number of benzene rings is 1. The molecule has 1 aliphatic carbocycles. The van der Waals surface area contributed by atoms with E-state index >= 15 is 0 Å². The predicted octanol–water partition coefficient (Wildman–Crippen LogP) is 2.58. The largest absolute Gasteiger partial charge is 0.550 e. The van der Waals surface area contributed by atoms with Crippen LogP contribution in [0.15, 0.2) is 6.07 Å². The lowest BCUT2D eigenvalue weighted by molar-refractivity contribution is -0.312. The molecule has 0 aromatic heterocycles. The van der Waals surface area contributed by atoms with Gasteiger partial charge in [0, 0.05) is 5.97 Å². The molecule has 0 fully saturated rings. The second kappa shape index (κ2) is 6.50. The first kappa shape index (κ1) is 15.9. The van der Waals surface area contributed by atoms with Gasteiger partial charge in [-0.2, -0.15) is 0 Å². The lowest BCUT2D eigenvalue weighted by Crippen LogP contribution is -2.36. The van der Waals surface area contributed by atoms with Crippen molar-refractivity contribution in [2.75, 3.05) is 6.61 Å². The van der Waals surface area contributed by atoms with Crippen LogP contribution in [0.4, 0.5) is 0 Å². The third-order valence-electron chi connectivity index (χ3n) is 4.78. The van der Waals surface area contributed by atoms with Crippen molar-refractivity contribution in [1.82, 2.24) is 0 Å². The Kier molecular flexibility index (Phi) is 4.92. The lowest BCUT2D eigenvalue weighted by Gasteiger charge is -2.32. The van der Waals surface area contributed by atoms with Crippen LogP contribution in [0.2, 0.25) is 0 Å². The first-order chi connectivity index (χ1) is 9.95. The maximum Gasteiger partial charge on any atom is 0.122 e. The molecule has 1 aromatic rings. The summed E-state index contributed by atoms with van der Waals surface area (Å²) in [6.07, 6.45) is 3.69. The van der Waals surface area contributed by atoms with E-state index < -0.39 is 11.9 Å². The number of fused-ring (bicyclic) bond motifs is 1. The quantitative estimate of drug-likeness (QED) is 0.837. The van der Waals surface area contributed by atoms with Crippen LogP contribution in [0.25, 0.3) is 0 Å². The van der Waals surface area contributed by atoms with Gasteiger partial charge in [0.15, 0.2) is 0 Å². The SMILES string of the molecule is CCCOc1cc(C)c2c(c1C)C[C@H]([C@H](C)C(=O)[O-])CC2. The fourth-order valence-corrected chi connectivity index (χ4v) is 3.30. The zero-order valence-corrected chi connectivity index (χ0v) is 13.5. The molecule has 0 heterocycles. The van der Waals surface area contributed by atoms with E-state index in [2.05, 4.69) is 26.8 Å². The van der Waals surface area contributed by atoms with E-state index in [9.17, 15) is 9.90 Å². The number of carboxylic acids is 1. The van der Waals surface area contributed by atoms with Gasteiger partial charge in [0.25, 0.3) is 0 Å². The summed E-state index contributed by atoms with van der Waals surface area (Å²) in [5.41, 5.74) is 5.13. The topological polar surface area (TPSA) is 49.4 Å². The number of hydrogen-bond acceptors (Lipinski definition) is 3. The van der Waals surface area contributed by atoms with E-state index in [4.69, 9.17) is 4.74 Å². The van der Waals surface area contributed by atoms with E-state index in [-0.39, 0.29) is 5.92 Å². The smallest absolute Gasteiger partial charge is 0.122 e. The van der Waals surface area contributed by atoms with E-state index in [1.54, 1.807) is 6.92 Å². The fourth-order valence-electron chi connectivity index (χ4n) is 3.30. The van der Waals surface area contributed by atoms with Crippen molar-refractivity contribution in [2.45, 2.75) is 53.4 Å². The van der Waals surface area contributed by atoms with Crippen LogP contribution >= 0.6 is 0 Å². The molecular weight excluding hydrogens is 264 g/mol. The van der Waals surface area contributed by atoms with Crippen molar-refractivity contribution in [3.05, 3.63) is 28.3 Å². The minimum absolute atomic E-state index is 0.169. The molecule has 0 radical (unpaired) electrons. The first-order valence-corrected chi connectivity index (χ1v) is 7.91. The summed E-state index contributed by atoms with van der Waals surface area (Å²) in [5.74, 6) is -0.203. The Morgan fingerprint density at radius 3 is 2.76 bits per heavy atom. The molecule has 0 spiro atoms. The van der Waals surface area contributed by atoms with Crippen LogP contribution in [0.3, 0.4) is 0 Å². The average Bonchev–Trinajstić information content (AvgIpc) is 2.48. The Hall–Kier alpha value is -1.51. The molecule has 2 rings (SSSR count). The van der Waals surface area contributed by atoms with Gasteiger partial charge in [0.2, 0.25) is 0 Å². The van der Waals surface area contributed by atoms with Gasteiger partial charge in [-0.1, -0.05) is 13.8 Å².